The van der Waals surface area contributed by atoms with Gasteiger partial charge in [-0.3, -0.25) is 4.79 Å². The number of nitrogens with one attached hydrogen (secondary N) is 1. The number of anilines is 2. The summed E-state index contributed by atoms with van der Waals surface area (Å²) in [7, 11) is 0. The largest absolute Gasteiger partial charge is 0.416 e. The standard InChI is InChI=1S/C19H20F3N3O/c20-19(21,22)15-5-7-16(8-6-15)24-17-13-14(9-10-23-17)18(26)25-11-3-1-2-4-12-25/h5-10,13H,1-4,11-12H2,(H,23,24). The third kappa shape index (κ3) is 4.53. The number of benzene rings is 1. The first-order valence-electron chi connectivity index (χ1n) is 8.63. The summed E-state index contributed by atoms with van der Waals surface area (Å²) in [6.07, 6.45) is 1.45. The minimum Gasteiger partial charge on any atom is -0.340 e. The Morgan fingerprint density at radius 3 is 2.27 bits per heavy atom. The molecule has 7 heteroatoms. The zero-order chi connectivity index (χ0) is 18.6. The fourth-order valence-corrected chi connectivity index (χ4v) is 2.98. The molecule has 138 valence electrons. The zero-order valence-electron chi connectivity index (χ0n) is 14.2. The van der Waals surface area contributed by atoms with E-state index in [-0.39, 0.29) is 5.91 Å². The van der Waals surface area contributed by atoms with Crippen LogP contribution >= 0.6 is 0 Å². The van der Waals surface area contributed by atoms with Crippen LogP contribution in [0.15, 0.2) is 42.6 Å². The molecule has 1 aliphatic rings. The molecule has 26 heavy (non-hydrogen) atoms. The van der Waals surface area contributed by atoms with Gasteiger partial charge in [0.15, 0.2) is 0 Å². The van der Waals surface area contributed by atoms with Crippen LogP contribution in [0.1, 0.15) is 41.6 Å². The smallest absolute Gasteiger partial charge is 0.340 e. The Balaban J connectivity index is 1.71. The summed E-state index contributed by atoms with van der Waals surface area (Å²) in [6, 6.07) is 7.99. The van der Waals surface area contributed by atoms with Crippen molar-refractivity contribution in [2.75, 3.05) is 18.4 Å². The average Bonchev–Trinajstić information content (AvgIpc) is 2.90. The van der Waals surface area contributed by atoms with Crippen LogP contribution in [0.5, 0.6) is 0 Å². The van der Waals surface area contributed by atoms with E-state index in [9.17, 15) is 18.0 Å². The van der Waals surface area contributed by atoms with Crippen LogP contribution in [0.25, 0.3) is 0 Å². The normalized spacial score (nSPS) is 15.4. The van der Waals surface area contributed by atoms with Crippen molar-refractivity contribution in [3.8, 4) is 0 Å². The zero-order valence-corrected chi connectivity index (χ0v) is 14.2. The second-order valence-corrected chi connectivity index (χ2v) is 6.34. The number of pyridine rings is 1. The van der Waals surface area contributed by atoms with E-state index in [0.29, 0.717) is 17.1 Å². The number of aromatic nitrogens is 1. The molecule has 1 aromatic heterocycles. The van der Waals surface area contributed by atoms with Gasteiger partial charge >= 0.3 is 6.18 Å². The molecule has 0 saturated carbocycles. The lowest BCUT2D eigenvalue weighted by atomic mass is 10.2. The monoisotopic (exact) mass is 363 g/mol. The summed E-state index contributed by atoms with van der Waals surface area (Å²) >= 11 is 0. The molecule has 4 nitrogen and oxygen atoms in total. The second-order valence-electron chi connectivity index (χ2n) is 6.34. The van der Waals surface area contributed by atoms with Crippen LogP contribution < -0.4 is 5.32 Å². The van der Waals surface area contributed by atoms with E-state index in [0.717, 1.165) is 50.9 Å². The van der Waals surface area contributed by atoms with Crippen molar-refractivity contribution in [2.24, 2.45) is 0 Å². The Bertz CT molecular complexity index is 751. The number of carbonyl (C=O) groups is 1. The van der Waals surface area contributed by atoms with Crippen LogP contribution in [-0.4, -0.2) is 28.9 Å². The van der Waals surface area contributed by atoms with Gasteiger partial charge in [0.2, 0.25) is 0 Å². The number of rotatable bonds is 3. The lowest BCUT2D eigenvalue weighted by Gasteiger charge is -2.20. The van der Waals surface area contributed by atoms with E-state index >= 15 is 0 Å². The van der Waals surface area contributed by atoms with Gasteiger partial charge in [-0.05, 0) is 49.2 Å². The molecular weight excluding hydrogens is 343 g/mol. The number of alkyl halides is 3. The maximum atomic E-state index is 12.7. The van der Waals surface area contributed by atoms with E-state index in [4.69, 9.17) is 0 Å². The Labute approximate surface area is 150 Å². The molecule has 3 rings (SSSR count). The molecule has 1 saturated heterocycles. The number of hydrogen-bond donors (Lipinski definition) is 1. The molecule has 0 unspecified atom stereocenters. The quantitative estimate of drug-likeness (QED) is 0.847. The number of carbonyl (C=O) groups excluding carboxylic acids is 1. The van der Waals surface area contributed by atoms with Gasteiger partial charge in [0.05, 0.1) is 5.56 Å². The number of likely N-dealkylation sites (tertiary alicyclic amines) is 1. The first-order valence-corrected chi connectivity index (χ1v) is 8.63. The van der Waals surface area contributed by atoms with Gasteiger partial charge in [-0.2, -0.15) is 13.2 Å². The summed E-state index contributed by atoms with van der Waals surface area (Å²) < 4.78 is 37.9. The predicted octanol–water partition coefficient (Wildman–Crippen LogP) is 4.86. The molecule has 1 fully saturated rings. The molecule has 1 aromatic carbocycles. The fraction of sp³-hybridized carbons (Fsp3) is 0.368. The average molecular weight is 363 g/mol. The topological polar surface area (TPSA) is 45.2 Å². The third-order valence-electron chi connectivity index (χ3n) is 4.38. The SMILES string of the molecule is O=C(c1ccnc(Nc2ccc(C(F)(F)F)cc2)c1)N1CCCCCC1. The van der Waals surface area contributed by atoms with Gasteiger partial charge in [0, 0.05) is 30.5 Å². The third-order valence-corrected chi connectivity index (χ3v) is 4.38. The summed E-state index contributed by atoms with van der Waals surface area (Å²) in [5.74, 6) is 0.384. The minimum atomic E-state index is -4.36. The predicted molar refractivity (Wildman–Crippen MR) is 93.3 cm³/mol. The highest BCUT2D eigenvalue weighted by Crippen LogP contribution is 2.30. The van der Waals surface area contributed by atoms with Crippen LogP contribution in [0, 0.1) is 0 Å². The van der Waals surface area contributed by atoms with E-state index in [1.54, 1.807) is 12.1 Å². The highest BCUT2D eigenvalue weighted by molar-refractivity contribution is 5.95. The van der Waals surface area contributed by atoms with Crippen molar-refractivity contribution in [3.63, 3.8) is 0 Å². The second kappa shape index (κ2) is 7.76. The Morgan fingerprint density at radius 2 is 1.65 bits per heavy atom. The first kappa shape index (κ1) is 18.2. The van der Waals surface area contributed by atoms with Gasteiger partial charge in [-0.1, -0.05) is 12.8 Å². The molecule has 2 heterocycles. The van der Waals surface area contributed by atoms with Crippen LogP contribution in [0.2, 0.25) is 0 Å². The number of hydrogen-bond acceptors (Lipinski definition) is 3. The van der Waals surface area contributed by atoms with Crippen molar-refractivity contribution in [1.29, 1.82) is 0 Å². The van der Waals surface area contributed by atoms with Crippen molar-refractivity contribution in [2.45, 2.75) is 31.9 Å². The molecule has 1 aliphatic heterocycles. The van der Waals surface area contributed by atoms with Crippen molar-refractivity contribution in [3.05, 3.63) is 53.7 Å². The Morgan fingerprint density at radius 1 is 1.00 bits per heavy atom. The number of nitrogens with zero attached hydrogens (tertiary/aromatic N) is 2. The molecule has 0 atom stereocenters. The minimum absolute atomic E-state index is 0.0373. The Kier molecular flexibility index (Phi) is 5.44. The molecule has 0 bridgehead atoms. The van der Waals surface area contributed by atoms with E-state index in [1.807, 2.05) is 4.90 Å². The van der Waals surface area contributed by atoms with Gasteiger partial charge in [-0.25, -0.2) is 4.98 Å². The summed E-state index contributed by atoms with van der Waals surface area (Å²) in [4.78, 5) is 18.7. The van der Waals surface area contributed by atoms with Crippen LogP contribution in [0.4, 0.5) is 24.7 Å². The maximum absolute atomic E-state index is 12.7. The van der Waals surface area contributed by atoms with Crippen molar-refractivity contribution < 1.29 is 18.0 Å². The van der Waals surface area contributed by atoms with Gasteiger partial charge in [-0.15, -0.1) is 0 Å². The number of halogens is 3. The van der Waals surface area contributed by atoms with Gasteiger partial charge in [0.1, 0.15) is 5.82 Å². The van der Waals surface area contributed by atoms with Crippen molar-refractivity contribution in [1.82, 2.24) is 9.88 Å². The molecule has 1 amide bonds. The lowest BCUT2D eigenvalue weighted by molar-refractivity contribution is -0.137. The maximum Gasteiger partial charge on any atom is 0.416 e. The van der Waals surface area contributed by atoms with Crippen LogP contribution in [-0.2, 0) is 6.18 Å². The highest BCUT2D eigenvalue weighted by Gasteiger charge is 2.29. The molecule has 0 spiro atoms. The summed E-state index contributed by atoms with van der Waals surface area (Å²) in [5.41, 5.74) is 0.294. The molecular formula is C19H20F3N3O. The van der Waals surface area contributed by atoms with Crippen molar-refractivity contribution >= 4 is 17.4 Å². The van der Waals surface area contributed by atoms with E-state index in [1.165, 1.54) is 18.3 Å². The summed E-state index contributed by atoms with van der Waals surface area (Å²) in [5, 5.41) is 2.94. The molecule has 0 aliphatic carbocycles. The molecule has 2 aromatic rings. The summed E-state index contributed by atoms with van der Waals surface area (Å²) in [6.45, 7) is 1.51. The van der Waals surface area contributed by atoms with E-state index in [2.05, 4.69) is 10.3 Å². The van der Waals surface area contributed by atoms with Crippen LogP contribution in [0.3, 0.4) is 0 Å². The van der Waals surface area contributed by atoms with E-state index < -0.39 is 11.7 Å². The first-order chi connectivity index (χ1) is 12.4. The molecule has 1 N–H and O–H groups in total. The fourth-order valence-electron chi connectivity index (χ4n) is 2.98. The molecule has 0 radical (unpaired) electrons. The number of amides is 1. The van der Waals surface area contributed by atoms with Gasteiger partial charge < -0.3 is 10.2 Å². The highest BCUT2D eigenvalue weighted by atomic mass is 19.4. The Hall–Kier alpha value is -2.57. The lowest BCUT2D eigenvalue weighted by Crippen LogP contribution is -2.31. The van der Waals surface area contributed by atoms with Gasteiger partial charge in [0.25, 0.3) is 5.91 Å².